The van der Waals surface area contributed by atoms with Crippen molar-refractivity contribution in [3.63, 3.8) is 0 Å². The maximum atomic E-state index is 12.4. The molecule has 0 bridgehead atoms. The highest BCUT2D eigenvalue weighted by Gasteiger charge is 2.13. The molecule has 0 aliphatic rings. The van der Waals surface area contributed by atoms with Gasteiger partial charge in [-0.2, -0.15) is 8.78 Å². The Morgan fingerprint density at radius 2 is 1.88 bits per heavy atom. The van der Waals surface area contributed by atoms with E-state index in [-0.39, 0.29) is 11.5 Å². The number of nitrogens with zero attached hydrogens (tertiary/aromatic N) is 1. The Hall–Kier alpha value is -2.41. The zero-order valence-corrected chi connectivity index (χ0v) is 16.0. The summed E-state index contributed by atoms with van der Waals surface area (Å²) in [7, 11) is 3.27. The van der Waals surface area contributed by atoms with Crippen LogP contribution in [-0.4, -0.2) is 30.8 Å². The van der Waals surface area contributed by atoms with Crippen LogP contribution in [0.3, 0.4) is 0 Å². The second-order valence-electron chi connectivity index (χ2n) is 5.97. The van der Waals surface area contributed by atoms with Crippen molar-refractivity contribution in [3.05, 3.63) is 53.1 Å². The summed E-state index contributed by atoms with van der Waals surface area (Å²) in [6.07, 6.45) is 0. The van der Waals surface area contributed by atoms with Crippen molar-refractivity contribution < 1.29 is 18.3 Å². The lowest BCUT2D eigenvalue weighted by molar-refractivity contribution is -0.0512. The summed E-state index contributed by atoms with van der Waals surface area (Å²) >= 11 is 5.45. The molecule has 0 saturated carbocycles. The summed E-state index contributed by atoms with van der Waals surface area (Å²) in [5.74, 6) is 0.259. The molecule has 0 spiro atoms. The van der Waals surface area contributed by atoms with E-state index in [1.807, 2.05) is 37.9 Å². The van der Waals surface area contributed by atoms with E-state index in [2.05, 4.69) is 16.1 Å². The van der Waals surface area contributed by atoms with Gasteiger partial charge in [0.25, 0.3) is 0 Å². The minimum atomic E-state index is -2.90. The van der Waals surface area contributed by atoms with Gasteiger partial charge in [-0.05, 0) is 55.4 Å². The van der Waals surface area contributed by atoms with Crippen LogP contribution in [0.2, 0.25) is 0 Å². The lowest BCUT2D eigenvalue weighted by Crippen LogP contribution is -2.30. The number of thiocarbonyl (C=S) groups is 1. The maximum absolute atomic E-state index is 12.4. The smallest absolute Gasteiger partial charge is 0.387 e. The van der Waals surface area contributed by atoms with Gasteiger partial charge in [-0.3, -0.25) is 0 Å². The molecule has 4 nitrogen and oxygen atoms in total. The minimum absolute atomic E-state index is 0.00452. The molecule has 0 radical (unpaired) electrons. The predicted molar refractivity (Wildman–Crippen MR) is 103 cm³/mol. The van der Waals surface area contributed by atoms with Gasteiger partial charge < -0.3 is 19.7 Å². The molecule has 7 heteroatoms. The average molecular weight is 380 g/mol. The van der Waals surface area contributed by atoms with Gasteiger partial charge in [-0.15, -0.1) is 0 Å². The molecule has 0 saturated heterocycles. The van der Waals surface area contributed by atoms with Crippen molar-refractivity contribution in [2.45, 2.75) is 27.0 Å². The molecule has 2 aromatic rings. The lowest BCUT2D eigenvalue weighted by Gasteiger charge is -2.22. The average Bonchev–Trinajstić information content (AvgIpc) is 2.58. The molecule has 0 unspecified atom stereocenters. The van der Waals surface area contributed by atoms with E-state index in [9.17, 15) is 8.78 Å². The third kappa shape index (κ3) is 5.29. The van der Waals surface area contributed by atoms with Crippen molar-refractivity contribution in [2.75, 3.05) is 19.5 Å². The summed E-state index contributed by atoms with van der Waals surface area (Å²) in [6.45, 7) is 1.65. The molecule has 0 aromatic heterocycles. The quantitative estimate of drug-likeness (QED) is 0.732. The third-order valence-corrected chi connectivity index (χ3v) is 4.25. The normalized spacial score (nSPS) is 10.6. The molecule has 0 aliphatic heterocycles. The van der Waals surface area contributed by atoms with E-state index in [0.717, 1.165) is 16.8 Å². The van der Waals surface area contributed by atoms with E-state index >= 15 is 0 Å². The van der Waals surface area contributed by atoms with Crippen molar-refractivity contribution in [3.8, 4) is 11.5 Å². The van der Waals surface area contributed by atoms with Crippen LogP contribution in [-0.2, 0) is 6.54 Å². The van der Waals surface area contributed by atoms with E-state index in [0.29, 0.717) is 11.7 Å². The first-order chi connectivity index (χ1) is 12.3. The maximum Gasteiger partial charge on any atom is 0.387 e. The molecule has 0 heterocycles. The van der Waals surface area contributed by atoms with Gasteiger partial charge in [-0.25, -0.2) is 0 Å². The Kier molecular flexibility index (Phi) is 6.74. The number of benzene rings is 2. The highest BCUT2D eigenvalue weighted by Crippen LogP contribution is 2.30. The van der Waals surface area contributed by atoms with E-state index < -0.39 is 6.61 Å². The molecule has 1 N–H and O–H groups in total. The number of aryl methyl sites for hydroxylation is 2. The van der Waals surface area contributed by atoms with Crippen LogP contribution in [0, 0.1) is 13.8 Å². The number of anilines is 1. The summed E-state index contributed by atoms with van der Waals surface area (Å²) in [5.41, 5.74) is 4.10. The van der Waals surface area contributed by atoms with E-state index in [1.54, 1.807) is 12.1 Å². The van der Waals surface area contributed by atoms with Crippen molar-refractivity contribution >= 4 is 23.0 Å². The predicted octanol–water partition coefficient (Wildman–Crippen LogP) is 4.74. The second-order valence-corrected chi connectivity index (χ2v) is 6.36. The van der Waals surface area contributed by atoms with Crippen LogP contribution >= 0.6 is 12.2 Å². The molecule has 26 heavy (non-hydrogen) atoms. The molecule has 2 rings (SSSR count). The van der Waals surface area contributed by atoms with E-state index in [1.165, 1.54) is 18.7 Å². The summed E-state index contributed by atoms with van der Waals surface area (Å²) in [4.78, 5) is 1.86. The first kappa shape index (κ1) is 19.9. The Balaban J connectivity index is 2.06. The molecule has 0 fully saturated rings. The monoisotopic (exact) mass is 380 g/mol. The van der Waals surface area contributed by atoms with Crippen molar-refractivity contribution in [1.29, 1.82) is 0 Å². The van der Waals surface area contributed by atoms with Crippen LogP contribution < -0.4 is 14.8 Å². The Morgan fingerprint density at radius 1 is 1.15 bits per heavy atom. The fourth-order valence-corrected chi connectivity index (χ4v) is 2.69. The van der Waals surface area contributed by atoms with Crippen LogP contribution in [0.5, 0.6) is 11.5 Å². The number of hydrogen-bond acceptors (Lipinski definition) is 3. The number of alkyl halides is 2. The molecule has 0 amide bonds. The van der Waals surface area contributed by atoms with Crippen molar-refractivity contribution in [1.82, 2.24) is 4.90 Å². The summed E-state index contributed by atoms with van der Waals surface area (Å²) in [6, 6.07) is 10.9. The van der Waals surface area contributed by atoms with Crippen LogP contribution in [0.1, 0.15) is 16.7 Å². The Labute approximate surface area is 157 Å². The second kappa shape index (κ2) is 8.80. The number of hydrogen-bond donors (Lipinski definition) is 1. The first-order valence-corrected chi connectivity index (χ1v) is 8.42. The van der Waals surface area contributed by atoms with Gasteiger partial charge in [0.1, 0.15) is 0 Å². The Morgan fingerprint density at radius 3 is 2.50 bits per heavy atom. The number of rotatable bonds is 6. The highest BCUT2D eigenvalue weighted by atomic mass is 32.1. The van der Waals surface area contributed by atoms with E-state index in [4.69, 9.17) is 17.0 Å². The van der Waals surface area contributed by atoms with Gasteiger partial charge >= 0.3 is 6.61 Å². The number of nitrogens with one attached hydrogen (secondary N) is 1. The molecule has 0 aliphatic carbocycles. The molecular weight excluding hydrogens is 358 g/mol. The van der Waals surface area contributed by atoms with Gasteiger partial charge in [0.2, 0.25) is 0 Å². The summed E-state index contributed by atoms with van der Waals surface area (Å²) in [5, 5.41) is 3.78. The highest BCUT2D eigenvalue weighted by molar-refractivity contribution is 7.80. The zero-order chi connectivity index (χ0) is 19.3. The van der Waals surface area contributed by atoms with Crippen LogP contribution in [0.4, 0.5) is 14.5 Å². The topological polar surface area (TPSA) is 33.7 Å². The van der Waals surface area contributed by atoms with Gasteiger partial charge in [0.05, 0.1) is 7.11 Å². The summed E-state index contributed by atoms with van der Waals surface area (Å²) < 4.78 is 34.4. The lowest BCUT2D eigenvalue weighted by atomic mass is 10.1. The number of halogens is 2. The molecular formula is C19H22F2N2O2S. The fraction of sp³-hybridized carbons (Fsp3) is 0.316. The first-order valence-electron chi connectivity index (χ1n) is 8.01. The fourth-order valence-electron chi connectivity index (χ4n) is 2.51. The van der Waals surface area contributed by atoms with Gasteiger partial charge in [0.15, 0.2) is 16.6 Å². The SMILES string of the molecule is COc1cc(CN(C)C(=S)Nc2ccc(C)cc2C)ccc1OC(F)F. The van der Waals surface area contributed by atoms with Gasteiger partial charge in [-0.1, -0.05) is 23.8 Å². The van der Waals surface area contributed by atoms with Gasteiger partial charge in [0, 0.05) is 19.3 Å². The number of methoxy groups -OCH3 is 1. The third-order valence-electron chi connectivity index (χ3n) is 3.83. The Bertz CT molecular complexity index is 784. The molecule has 140 valence electrons. The standard InChI is InChI=1S/C19H22F2N2O2S/c1-12-5-7-15(13(2)9-12)22-19(26)23(3)11-14-6-8-16(25-18(20)21)17(10-14)24-4/h5-10,18H,11H2,1-4H3,(H,22,26). The van der Waals surface area contributed by atoms with Crippen LogP contribution in [0.15, 0.2) is 36.4 Å². The zero-order valence-electron chi connectivity index (χ0n) is 15.2. The van der Waals surface area contributed by atoms with Crippen molar-refractivity contribution in [2.24, 2.45) is 0 Å². The number of ether oxygens (including phenoxy) is 2. The van der Waals surface area contributed by atoms with Crippen LogP contribution in [0.25, 0.3) is 0 Å². The largest absolute Gasteiger partial charge is 0.493 e. The minimum Gasteiger partial charge on any atom is -0.493 e. The molecule has 2 aromatic carbocycles. The molecule has 0 atom stereocenters.